The maximum atomic E-state index is 14.6. The molecular formula is C28H25BrFN3O3S2. The highest BCUT2D eigenvalue weighted by molar-refractivity contribution is 9.10. The number of hydrogen-bond donors (Lipinski definition) is 1. The summed E-state index contributed by atoms with van der Waals surface area (Å²) in [5.41, 5.74) is 3.43. The summed E-state index contributed by atoms with van der Waals surface area (Å²) in [4.78, 5) is 18.8. The smallest absolute Gasteiger partial charge is 0.247 e. The molecule has 38 heavy (non-hydrogen) atoms. The van der Waals surface area contributed by atoms with Crippen molar-refractivity contribution in [2.24, 2.45) is 0 Å². The summed E-state index contributed by atoms with van der Waals surface area (Å²) in [7, 11) is -4.29. The Labute approximate surface area is 233 Å². The molecule has 0 aliphatic carbocycles. The van der Waals surface area contributed by atoms with E-state index in [2.05, 4.69) is 21.2 Å². The van der Waals surface area contributed by atoms with Crippen LogP contribution in [0.5, 0.6) is 0 Å². The fourth-order valence-electron chi connectivity index (χ4n) is 4.69. The maximum Gasteiger partial charge on any atom is 0.247 e. The normalized spacial score (nSPS) is 16.6. The molecule has 2 atom stereocenters. The Morgan fingerprint density at radius 2 is 1.74 bits per heavy atom. The van der Waals surface area contributed by atoms with Crippen LogP contribution >= 0.6 is 27.3 Å². The van der Waals surface area contributed by atoms with Gasteiger partial charge in [-0.1, -0.05) is 70.5 Å². The number of benzene rings is 3. The first-order chi connectivity index (χ1) is 18.2. The first kappa shape index (κ1) is 26.7. The Bertz CT molecular complexity index is 1620. The lowest BCUT2D eigenvalue weighted by Gasteiger charge is -2.35. The van der Waals surface area contributed by atoms with Gasteiger partial charge in [-0.05, 0) is 49.6 Å². The Balaban J connectivity index is 1.45. The van der Waals surface area contributed by atoms with E-state index in [-0.39, 0.29) is 13.0 Å². The van der Waals surface area contributed by atoms with Crippen molar-refractivity contribution in [2.75, 3.05) is 0 Å². The number of sulfonamides is 1. The Morgan fingerprint density at radius 1 is 1.08 bits per heavy atom. The zero-order valence-electron chi connectivity index (χ0n) is 20.7. The molecule has 10 heteroatoms. The first-order valence-corrected chi connectivity index (χ1v) is 15.1. The number of aromatic nitrogens is 1. The highest BCUT2D eigenvalue weighted by atomic mass is 79.9. The van der Waals surface area contributed by atoms with Crippen molar-refractivity contribution in [2.45, 2.75) is 43.8 Å². The molecule has 1 N–H and O–H groups in total. The molecule has 1 aromatic heterocycles. The number of carbonyl (C=O) groups excluding carboxylic acids is 1. The third kappa shape index (κ3) is 5.05. The fraction of sp³-hybridized carbons (Fsp3) is 0.214. The van der Waals surface area contributed by atoms with Gasteiger partial charge >= 0.3 is 0 Å². The van der Waals surface area contributed by atoms with Crippen molar-refractivity contribution in [3.8, 4) is 10.6 Å². The second-order valence-corrected chi connectivity index (χ2v) is 12.9. The van der Waals surface area contributed by atoms with Crippen LogP contribution in [0.15, 0.2) is 82.2 Å². The minimum absolute atomic E-state index is 0.0227. The van der Waals surface area contributed by atoms with Gasteiger partial charge in [0, 0.05) is 16.6 Å². The molecule has 5 rings (SSSR count). The average Bonchev–Trinajstić information content (AvgIpc) is 3.29. The third-order valence-corrected chi connectivity index (χ3v) is 10.6. The Kier molecular flexibility index (Phi) is 7.50. The van der Waals surface area contributed by atoms with Crippen LogP contribution in [0.3, 0.4) is 0 Å². The SMILES string of the molecule is Cc1nc(-c2ccccc2Br)sc1C(C)NC(=O)C1Cc2ccccc2CN1S(=O)(=O)c1ccccc1F. The molecule has 2 unspecified atom stereocenters. The van der Waals surface area contributed by atoms with Crippen molar-refractivity contribution in [3.05, 3.63) is 105 Å². The lowest BCUT2D eigenvalue weighted by atomic mass is 9.95. The molecule has 3 aromatic carbocycles. The second-order valence-electron chi connectivity index (χ2n) is 9.15. The second kappa shape index (κ2) is 10.7. The highest BCUT2D eigenvalue weighted by Gasteiger charge is 2.41. The summed E-state index contributed by atoms with van der Waals surface area (Å²) in [5.74, 6) is -1.29. The number of carbonyl (C=O) groups is 1. The standard InChI is InChI=1S/C28H25BrFN3O3S2/c1-17(26-18(2)32-28(37-26)21-11-5-6-12-22(21)29)31-27(34)24-15-19-9-3-4-10-20(19)16-33(24)38(35,36)25-14-8-7-13-23(25)30/h3-14,17,24H,15-16H2,1-2H3,(H,31,34). The van der Waals surface area contributed by atoms with Gasteiger partial charge < -0.3 is 5.32 Å². The van der Waals surface area contributed by atoms with Crippen molar-refractivity contribution in [3.63, 3.8) is 0 Å². The van der Waals surface area contributed by atoms with E-state index >= 15 is 0 Å². The summed E-state index contributed by atoms with van der Waals surface area (Å²) in [6.45, 7) is 3.72. The van der Waals surface area contributed by atoms with E-state index in [4.69, 9.17) is 4.98 Å². The summed E-state index contributed by atoms with van der Waals surface area (Å²) in [6, 6.07) is 19.0. The predicted molar refractivity (Wildman–Crippen MR) is 150 cm³/mol. The largest absolute Gasteiger partial charge is 0.347 e. The van der Waals surface area contributed by atoms with Gasteiger partial charge in [-0.2, -0.15) is 4.31 Å². The number of halogens is 2. The van der Waals surface area contributed by atoms with Crippen molar-refractivity contribution in [1.29, 1.82) is 0 Å². The lowest BCUT2D eigenvalue weighted by Crippen LogP contribution is -2.52. The van der Waals surface area contributed by atoms with Crippen LogP contribution in [-0.4, -0.2) is 29.7 Å². The molecule has 1 aliphatic rings. The van der Waals surface area contributed by atoms with Gasteiger partial charge in [-0.3, -0.25) is 4.79 Å². The molecule has 0 fully saturated rings. The van der Waals surface area contributed by atoms with Crippen molar-refractivity contribution < 1.29 is 17.6 Å². The van der Waals surface area contributed by atoms with E-state index < -0.39 is 38.7 Å². The first-order valence-electron chi connectivity index (χ1n) is 12.0. The van der Waals surface area contributed by atoms with Gasteiger partial charge in [0.25, 0.3) is 0 Å². The molecule has 0 radical (unpaired) electrons. The maximum absolute atomic E-state index is 14.6. The number of nitrogens with zero attached hydrogens (tertiary/aromatic N) is 2. The molecule has 4 aromatic rings. The van der Waals surface area contributed by atoms with Gasteiger partial charge in [0.05, 0.1) is 16.6 Å². The van der Waals surface area contributed by atoms with Crippen molar-refractivity contribution in [1.82, 2.24) is 14.6 Å². The summed E-state index contributed by atoms with van der Waals surface area (Å²) in [5, 5.41) is 3.83. The van der Waals surface area contributed by atoms with E-state index in [0.29, 0.717) is 0 Å². The van der Waals surface area contributed by atoms with Gasteiger partial charge in [0.2, 0.25) is 15.9 Å². The van der Waals surface area contributed by atoms with E-state index in [1.54, 1.807) is 0 Å². The molecule has 2 heterocycles. The number of fused-ring (bicyclic) bond motifs is 1. The number of aryl methyl sites for hydroxylation is 1. The van der Waals surface area contributed by atoms with E-state index in [1.807, 2.05) is 62.4 Å². The van der Waals surface area contributed by atoms with Gasteiger partial charge in [-0.15, -0.1) is 11.3 Å². The number of hydrogen-bond acceptors (Lipinski definition) is 5. The van der Waals surface area contributed by atoms with E-state index in [0.717, 1.165) is 47.1 Å². The Morgan fingerprint density at radius 3 is 2.47 bits per heavy atom. The summed E-state index contributed by atoms with van der Waals surface area (Å²) >= 11 is 5.05. The van der Waals surface area contributed by atoms with Gasteiger partial charge in [-0.25, -0.2) is 17.8 Å². The number of amides is 1. The molecular weight excluding hydrogens is 589 g/mol. The van der Waals surface area contributed by atoms with Crippen LogP contribution in [0.25, 0.3) is 10.6 Å². The van der Waals surface area contributed by atoms with Gasteiger partial charge in [0.15, 0.2) is 0 Å². The molecule has 0 saturated carbocycles. The number of nitrogens with one attached hydrogen (secondary N) is 1. The predicted octanol–water partition coefficient (Wildman–Crippen LogP) is 6.01. The minimum Gasteiger partial charge on any atom is -0.347 e. The van der Waals surface area contributed by atoms with Crippen LogP contribution in [0.2, 0.25) is 0 Å². The van der Waals surface area contributed by atoms with E-state index in [9.17, 15) is 17.6 Å². The molecule has 0 spiro atoms. The monoisotopic (exact) mass is 613 g/mol. The van der Waals surface area contributed by atoms with Crippen LogP contribution in [0.1, 0.15) is 34.7 Å². The summed E-state index contributed by atoms with van der Waals surface area (Å²) in [6.07, 6.45) is 0.187. The van der Waals surface area contributed by atoms with Gasteiger partial charge in [0.1, 0.15) is 21.8 Å². The number of rotatable bonds is 6. The molecule has 6 nitrogen and oxygen atoms in total. The average molecular weight is 615 g/mol. The molecule has 0 saturated heterocycles. The zero-order valence-corrected chi connectivity index (χ0v) is 23.9. The van der Waals surface area contributed by atoms with E-state index in [1.165, 1.54) is 29.5 Å². The third-order valence-electron chi connectivity index (χ3n) is 6.62. The molecule has 196 valence electrons. The minimum atomic E-state index is -4.29. The summed E-state index contributed by atoms with van der Waals surface area (Å²) < 4.78 is 43.9. The molecule has 1 amide bonds. The van der Waals surface area contributed by atoms with Crippen LogP contribution in [0.4, 0.5) is 4.39 Å². The topological polar surface area (TPSA) is 79.4 Å². The fourth-order valence-corrected chi connectivity index (χ4v) is 8.03. The molecule has 1 aliphatic heterocycles. The quantitative estimate of drug-likeness (QED) is 0.289. The Hall–Kier alpha value is -2.92. The van der Waals surface area contributed by atoms with Crippen LogP contribution in [-0.2, 0) is 27.8 Å². The van der Waals surface area contributed by atoms with Crippen LogP contribution in [0, 0.1) is 12.7 Å². The highest BCUT2D eigenvalue weighted by Crippen LogP contribution is 2.36. The number of thiazole rings is 1. The van der Waals surface area contributed by atoms with Crippen LogP contribution < -0.4 is 5.32 Å². The zero-order chi connectivity index (χ0) is 27.0. The molecule has 0 bridgehead atoms. The lowest BCUT2D eigenvalue weighted by molar-refractivity contribution is -0.125. The van der Waals surface area contributed by atoms with Crippen molar-refractivity contribution >= 4 is 43.2 Å².